The topological polar surface area (TPSA) is 57.8 Å². The van der Waals surface area contributed by atoms with Crippen molar-refractivity contribution in [1.82, 2.24) is 15.3 Å². The van der Waals surface area contributed by atoms with E-state index in [1.165, 1.54) is 0 Å². The lowest BCUT2D eigenvalue weighted by molar-refractivity contribution is 0.610. The van der Waals surface area contributed by atoms with Crippen LogP contribution in [0.5, 0.6) is 0 Å². The maximum absolute atomic E-state index is 12.0. The van der Waals surface area contributed by atoms with Gasteiger partial charge in [0.1, 0.15) is 0 Å². The molecule has 0 bridgehead atoms. The molecule has 0 saturated heterocycles. The standard InChI is InChI=1S/C16H17N3OS/c1-11(16-18-6-7-21-16)9-17-10-13-8-12-4-2-3-5-14(12)19-15(13)20/h2-8,11,17H,9-10H2,1H3,(H,19,20). The van der Waals surface area contributed by atoms with Crippen LogP contribution in [-0.2, 0) is 6.54 Å². The Labute approximate surface area is 126 Å². The molecule has 0 fully saturated rings. The Balaban J connectivity index is 1.68. The number of thiazole rings is 1. The van der Waals surface area contributed by atoms with Crippen molar-refractivity contribution in [3.05, 3.63) is 62.8 Å². The minimum absolute atomic E-state index is 0.0249. The number of rotatable bonds is 5. The minimum atomic E-state index is -0.0249. The number of fused-ring (bicyclic) bond motifs is 1. The highest BCUT2D eigenvalue weighted by Gasteiger charge is 2.08. The van der Waals surface area contributed by atoms with Gasteiger partial charge in [-0.1, -0.05) is 25.1 Å². The molecule has 21 heavy (non-hydrogen) atoms. The summed E-state index contributed by atoms with van der Waals surface area (Å²) in [5, 5.41) is 7.51. The number of nitrogens with one attached hydrogen (secondary N) is 2. The van der Waals surface area contributed by atoms with E-state index >= 15 is 0 Å². The van der Waals surface area contributed by atoms with Crippen molar-refractivity contribution in [2.75, 3.05) is 6.54 Å². The first-order chi connectivity index (χ1) is 10.2. The van der Waals surface area contributed by atoms with Gasteiger partial charge in [0.2, 0.25) is 0 Å². The van der Waals surface area contributed by atoms with Crippen LogP contribution in [0.2, 0.25) is 0 Å². The fourth-order valence-electron chi connectivity index (χ4n) is 2.31. The predicted octanol–water partition coefficient (Wildman–Crippen LogP) is 2.88. The van der Waals surface area contributed by atoms with Gasteiger partial charge in [-0.25, -0.2) is 4.98 Å². The molecule has 2 aromatic heterocycles. The van der Waals surface area contributed by atoms with Crippen LogP contribution in [0, 0.1) is 0 Å². The summed E-state index contributed by atoms with van der Waals surface area (Å²) in [4.78, 5) is 19.3. The Morgan fingerprint density at radius 2 is 2.24 bits per heavy atom. The quantitative estimate of drug-likeness (QED) is 0.761. The van der Waals surface area contributed by atoms with Crippen LogP contribution in [0.4, 0.5) is 0 Å². The highest BCUT2D eigenvalue weighted by molar-refractivity contribution is 7.09. The molecule has 0 aliphatic carbocycles. The molecule has 0 spiro atoms. The monoisotopic (exact) mass is 299 g/mol. The summed E-state index contributed by atoms with van der Waals surface area (Å²) in [5.74, 6) is 0.351. The lowest BCUT2D eigenvalue weighted by Crippen LogP contribution is -2.24. The van der Waals surface area contributed by atoms with Crippen LogP contribution in [0.15, 0.2) is 46.7 Å². The van der Waals surface area contributed by atoms with Crippen molar-refractivity contribution in [1.29, 1.82) is 0 Å². The van der Waals surface area contributed by atoms with E-state index in [4.69, 9.17) is 0 Å². The van der Waals surface area contributed by atoms with Crippen LogP contribution >= 0.6 is 11.3 Å². The lowest BCUT2D eigenvalue weighted by atomic mass is 10.1. The van der Waals surface area contributed by atoms with Crippen LogP contribution in [-0.4, -0.2) is 16.5 Å². The van der Waals surface area contributed by atoms with E-state index in [1.807, 2.05) is 41.9 Å². The largest absolute Gasteiger partial charge is 0.322 e. The molecule has 4 nitrogen and oxygen atoms in total. The van der Waals surface area contributed by atoms with Crippen LogP contribution < -0.4 is 10.9 Å². The molecule has 0 amide bonds. The maximum atomic E-state index is 12.0. The summed E-state index contributed by atoms with van der Waals surface area (Å²) in [6.07, 6.45) is 1.82. The zero-order valence-electron chi connectivity index (χ0n) is 11.8. The number of H-pyrrole nitrogens is 1. The molecule has 0 aliphatic rings. The second-order valence-corrected chi connectivity index (χ2v) is 6.04. The molecular weight excluding hydrogens is 282 g/mol. The maximum Gasteiger partial charge on any atom is 0.252 e. The molecule has 2 heterocycles. The van der Waals surface area contributed by atoms with Gasteiger partial charge in [0.15, 0.2) is 0 Å². The average Bonchev–Trinajstić information content (AvgIpc) is 3.02. The van der Waals surface area contributed by atoms with E-state index in [0.717, 1.165) is 28.0 Å². The highest BCUT2D eigenvalue weighted by Crippen LogP contribution is 2.16. The van der Waals surface area contributed by atoms with Gasteiger partial charge in [0.05, 0.1) is 5.01 Å². The second-order valence-electron chi connectivity index (χ2n) is 5.11. The van der Waals surface area contributed by atoms with E-state index in [2.05, 4.69) is 22.2 Å². The second kappa shape index (κ2) is 6.20. The van der Waals surface area contributed by atoms with Crippen molar-refractivity contribution in [2.45, 2.75) is 19.4 Å². The van der Waals surface area contributed by atoms with Gasteiger partial charge in [-0.05, 0) is 17.5 Å². The van der Waals surface area contributed by atoms with Gasteiger partial charge in [0.25, 0.3) is 5.56 Å². The number of pyridine rings is 1. The van der Waals surface area contributed by atoms with Gasteiger partial charge in [0, 0.05) is 41.7 Å². The fourth-order valence-corrected chi connectivity index (χ4v) is 3.01. The summed E-state index contributed by atoms with van der Waals surface area (Å²) in [5.41, 5.74) is 1.62. The molecular formula is C16H17N3OS. The smallest absolute Gasteiger partial charge is 0.252 e. The zero-order chi connectivity index (χ0) is 14.7. The summed E-state index contributed by atoms with van der Waals surface area (Å²) in [6.45, 7) is 3.51. The molecule has 3 rings (SSSR count). The Bertz CT molecular complexity index is 780. The molecule has 3 aromatic rings. The molecule has 1 unspecified atom stereocenters. The molecule has 5 heteroatoms. The molecule has 0 radical (unpaired) electrons. The third-order valence-corrected chi connectivity index (χ3v) is 4.48. The first-order valence-corrected chi connectivity index (χ1v) is 7.83. The van der Waals surface area contributed by atoms with Crippen LogP contribution in [0.25, 0.3) is 10.9 Å². The number of hydrogen-bond donors (Lipinski definition) is 2. The van der Waals surface area contributed by atoms with Gasteiger partial charge in [-0.15, -0.1) is 11.3 Å². The van der Waals surface area contributed by atoms with Crippen LogP contribution in [0.1, 0.15) is 23.4 Å². The Morgan fingerprint density at radius 3 is 3.05 bits per heavy atom. The number of hydrogen-bond acceptors (Lipinski definition) is 4. The molecule has 0 aliphatic heterocycles. The van der Waals surface area contributed by atoms with Crippen molar-refractivity contribution in [3.8, 4) is 0 Å². The lowest BCUT2D eigenvalue weighted by Gasteiger charge is -2.10. The van der Waals surface area contributed by atoms with Gasteiger partial charge >= 0.3 is 0 Å². The predicted molar refractivity (Wildman–Crippen MR) is 86.8 cm³/mol. The van der Waals surface area contributed by atoms with E-state index in [1.54, 1.807) is 11.3 Å². The summed E-state index contributed by atoms with van der Waals surface area (Å²) >= 11 is 1.66. The van der Waals surface area contributed by atoms with Gasteiger partial charge in [-0.2, -0.15) is 0 Å². The normalized spacial score (nSPS) is 12.6. The Morgan fingerprint density at radius 1 is 1.38 bits per heavy atom. The minimum Gasteiger partial charge on any atom is -0.322 e. The van der Waals surface area contributed by atoms with Gasteiger partial charge in [-0.3, -0.25) is 4.79 Å². The summed E-state index contributed by atoms with van der Waals surface area (Å²) in [7, 11) is 0. The van der Waals surface area contributed by atoms with Crippen molar-refractivity contribution in [2.24, 2.45) is 0 Å². The first-order valence-electron chi connectivity index (χ1n) is 6.95. The van der Waals surface area contributed by atoms with E-state index in [-0.39, 0.29) is 5.56 Å². The Hall–Kier alpha value is -1.98. The average molecular weight is 299 g/mol. The van der Waals surface area contributed by atoms with Crippen molar-refractivity contribution >= 4 is 22.2 Å². The molecule has 1 aromatic carbocycles. The Kier molecular flexibility index (Phi) is 4.13. The summed E-state index contributed by atoms with van der Waals surface area (Å²) in [6, 6.07) is 9.77. The highest BCUT2D eigenvalue weighted by atomic mass is 32.1. The molecule has 0 saturated carbocycles. The number of para-hydroxylation sites is 1. The zero-order valence-corrected chi connectivity index (χ0v) is 12.6. The van der Waals surface area contributed by atoms with Crippen molar-refractivity contribution in [3.63, 3.8) is 0 Å². The number of benzene rings is 1. The summed E-state index contributed by atoms with van der Waals surface area (Å²) < 4.78 is 0. The SMILES string of the molecule is CC(CNCc1cc2ccccc2[nH]c1=O)c1nccs1. The van der Waals surface area contributed by atoms with Gasteiger partial charge < -0.3 is 10.3 Å². The van der Waals surface area contributed by atoms with Crippen molar-refractivity contribution < 1.29 is 0 Å². The third-order valence-electron chi connectivity index (χ3n) is 3.47. The molecule has 2 N–H and O–H groups in total. The number of nitrogens with zero attached hydrogens (tertiary/aromatic N) is 1. The fraction of sp³-hybridized carbons (Fsp3) is 0.250. The third kappa shape index (κ3) is 3.20. The number of aromatic nitrogens is 2. The van der Waals surface area contributed by atoms with E-state index < -0.39 is 0 Å². The van der Waals surface area contributed by atoms with E-state index in [0.29, 0.717) is 12.5 Å². The van der Waals surface area contributed by atoms with E-state index in [9.17, 15) is 4.79 Å². The van der Waals surface area contributed by atoms with Crippen LogP contribution in [0.3, 0.4) is 0 Å². The first kappa shape index (κ1) is 14.0. The molecule has 108 valence electrons. The molecule has 1 atom stereocenters. The number of aromatic amines is 1.